The number of nitrogens with one attached hydrogen (secondary N) is 1. The molecule has 0 saturated carbocycles. The van der Waals surface area contributed by atoms with E-state index in [-0.39, 0.29) is 18.6 Å². The van der Waals surface area contributed by atoms with Crippen LogP contribution in [0.15, 0.2) is 60.7 Å². The van der Waals surface area contributed by atoms with Gasteiger partial charge in [-0.2, -0.15) is 0 Å². The zero-order valence-electron chi connectivity index (χ0n) is 16.0. The third-order valence-electron chi connectivity index (χ3n) is 5.12. The van der Waals surface area contributed by atoms with Crippen molar-refractivity contribution in [2.45, 2.75) is 18.7 Å². The number of benzene rings is 2. The summed E-state index contributed by atoms with van der Waals surface area (Å²) < 4.78 is 15.9. The number of carbonyl (C=O) groups excluding carboxylic acids is 2. The molecule has 1 fully saturated rings. The maximum atomic E-state index is 12.6. The van der Waals surface area contributed by atoms with Crippen LogP contribution in [0.5, 0.6) is 0 Å². The quantitative estimate of drug-likeness (QED) is 0.741. The Morgan fingerprint density at radius 3 is 2.11 bits per heavy atom. The molecule has 0 aliphatic carbocycles. The highest BCUT2D eigenvalue weighted by atomic mass is 16.5. The number of hydrogen-bond acceptors (Lipinski definition) is 6. The molecular weight excluding hydrogens is 358 g/mol. The lowest BCUT2D eigenvalue weighted by atomic mass is 9.85. The molecule has 0 amide bonds. The van der Waals surface area contributed by atoms with Gasteiger partial charge in [0.1, 0.15) is 6.04 Å². The fourth-order valence-electron chi connectivity index (χ4n) is 3.74. The van der Waals surface area contributed by atoms with Gasteiger partial charge in [-0.15, -0.1) is 0 Å². The van der Waals surface area contributed by atoms with Crippen molar-refractivity contribution in [1.29, 1.82) is 0 Å². The van der Waals surface area contributed by atoms with Gasteiger partial charge in [-0.25, -0.2) is 0 Å². The van der Waals surface area contributed by atoms with Gasteiger partial charge in [0.25, 0.3) is 0 Å². The molecular formula is C22H25NO5. The second-order valence-corrected chi connectivity index (χ2v) is 6.77. The Bertz CT molecular complexity index is 780. The molecule has 0 radical (unpaired) electrons. The van der Waals surface area contributed by atoms with Gasteiger partial charge >= 0.3 is 11.9 Å². The Morgan fingerprint density at radius 1 is 0.893 bits per heavy atom. The van der Waals surface area contributed by atoms with Crippen molar-refractivity contribution < 1.29 is 23.8 Å². The van der Waals surface area contributed by atoms with E-state index < -0.39 is 23.8 Å². The van der Waals surface area contributed by atoms with E-state index >= 15 is 0 Å². The molecule has 0 unspecified atom stereocenters. The first-order valence-corrected chi connectivity index (χ1v) is 9.24. The Morgan fingerprint density at radius 2 is 1.50 bits per heavy atom. The van der Waals surface area contributed by atoms with Gasteiger partial charge in [0.15, 0.2) is 0 Å². The molecule has 0 bridgehead atoms. The number of ether oxygens (including phenoxy) is 3. The lowest BCUT2D eigenvalue weighted by Gasteiger charge is -2.23. The van der Waals surface area contributed by atoms with E-state index in [2.05, 4.69) is 5.32 Å². The Balaban J connectivity index is 1.83. The molecule has 1 aliphatic heterocycles. The molecule has 1 aliphatic rings. The van der Waals surface area contributed by atoms with Crippen molar-refractivity contribution >= 4 is 11.9 Å². The first-order valence-electron chi connectivity index (χ1n) is 9.24. The van der Waals surface area contributed by atoms with Crippen LogP contribution in [-0.4, -0.2) is 38.8 Å². The third-order valence-corrected chi connectivity index (χ3v) is 5.12. The Kier molecular flexibility index (Phi) is 6.79. The molecule has 2 aromatic rings. The summed E-state index contributed by atoms with van der Waals surface area (Å²) in [5, 5.41) is 3.27. The molecule has 0 aromatic heterocycles. The van der Waals surface area contributed by atoms with Gasteiger partial charge < -0.3 is 14.2 Å². The van der Waals surface area contributed by atoms with Crippen LogP contribution >= 0.6 is 0 Å². The molecule has 28 heavy (non-hydrogen) atoms. The van der Waals surface area contributed by atoms with Crippen LogP contribution < -0.4 is 5.32 Å². The lowest BCUT2D eigenvalue weighted by Crippen LogP contribution is -2.39. The van der Waals surface area contributed by atoms with Crippen molar-refractivity contribution in [3.05, 3.63) is 71.8 Å². The standard InChI is InChI=1S/C22H25NO5/c1-26-21(24)18-17(14-28-13-15-9-5-3-6-10-15)20(22(25)27-2)23-19(18)16-11-7-4-8-12-16/h3-12,17-20,23H,13-14H2,1-2H3/t17-,18-,19-,20-/m0/s1. The van der Waals surface area contributed by atoms with E-state index in [9.17, 15) is 9.59 Å². The summed E-state index contributed by atoms with van der Waals surface area (Å²) >= 11 is 0. The van der Waals surface area contributed by atoms with E-state index in [0.717, 1.165) is 11.1 Å². The van der Waals surface area contributed by atoms with E-state index in [1.165, 1.54) is 14.2 Å². The largest absolute Gasteiger partial charge is 0.469 e. The molecule has 6 nitrogen and oxygen atoms in total. The molecule has 6 heteroatoms. The molecule has 2 aromatic carbocycles. The van der Waals surface area contributed by atoms with E-state index in [4.69, 9.17) is 14.2 Å². The van der Waals surface area contributed by atoms with Crippen LogP contribution in [0.2, 0.25) is 0 Å². The fraction of sp³-hybridized carbons (Fsp3) is 0.364. The topological polar surface area (TPSA) is 73.9 Å². The molecule has 1 N–H and O–H groups in total. The van der Waals surface area contributed by atoms with Crippen LogP contribution in [-0.2, 0) is 30.4 Å². The minimum absolute atomic E-state index is 0.227. The van der Waals surface area contributed by atoms with Gasteiger partial charge in [-0.1, -0.05) is 60.7 Å². The minimum atomic E-state index is -0.657. The second kappa shape index (κ2) is 9.48. The maximum absolute atomic E-state index is 12.6. The number of hydrogen-bond donors (Lipinski definition) is 1. The maximum Gasteiger partial charge on any atom is 0.323 e. The summed E-state index contributed by atoms with van der Waals surface area (Å²) in [6.07, 6.45) is 0. The van der Waals surface area contributed by atoms with Crippen LogP contribution in [0, 0.1) is 11.8 Å². The Labute approximate surface area is 164 Å². The molecule has 4 atom stereocenters. The first-order chi connectivity index (χ1) is 13.7. The molecule has 1 heterocycles. The highest BCUT2D eigenvalue weighted by molar-refractivity contribution is 5.81. The molecule has 0 spiro atoms. The second-order valence-electron chi connectivity index (χ2n) is 6.77. The van der Waals surface area contributed by atoms with Crippen LogP contribution in [0.1, 0.15) is 17.2 Å². The molecule has 3 rings (SSSR count). The summed E-state index contributed by atoms with van der Waals surface area (Å²) in [6.45, 7) is 0.625. The van der Waals surface area contributed by atoms with E-state index in [0.29, 0.717) is 6.61 Å². The SMILES string of the molecule is COC(=O)[C@H]1[C@H](COCc2ccccc2)[C@@H](C(=O)OC)N[C@H]1c1ccccc1. The van der Waals surface area contributed by atoms with E-state index in [1.54, 1.807) is 0 Å². The van der Waals surface area contributed by atoms with Gasteiger partial charge in [0, 0.05) is 12.0 Å². The van der Waals surface area contributed by atoms with Crippen molar-refractivity contribution in [3.8, 4) is 0 Å². The number of rotatable bonds is 7. The summed E-state index contributed by atoms with van der Waals surface area (Å²) in [4.78, 5) is 25.0. The summed E-state index contributed by atoms with van der Waals surface area (Å²) in [5.41, 5.74) is 1.94. The average Bonchev–Trinajstić information content (AvgIpc) is 3.13. The molecule has 1 saturated heterocycles. The van der Waals surface area contributed by atoms with Gasteiger partial charge in [0.05, 0.1) is 33.4 Å². The zero-order chi connectivity index (χ0) is 19.9. The lowest BCUT2D eigenvalue weighted by molar-refractivity contribution is -0.149. The number of esters is 2. The minimum Gasteiger partial charge on any atom is -0.469 e. The summed E-state index contributed by atoms with van der Waals surface area (Å²) in [5.74, 6) is -1.76. The Hall–Kier alpha value is -2.70. The summed E-state index contributed by atoms with van der Waals surface area (Å²) in [7, 11) is 2.70. The van der Waals surface area contributed by atoms with Gasteiger partial charge in [0.2, 0.25) is 0 Å². The predicted octanol–water partition coefficient (Wildman–Crippen LogP) is 2.49. The number of carbonyl (C=O) groups is 2. The van der Waals surface area contributed by atoms with Crippen molar-refractivity contribution in [2.24, 2.45) is 11.8 Å². The zero-order valence-corrected chi connectivity index (χ0v) is 16.0. The normalized spacial score (nSPS) is 23.9. The van der Waals surface area contributed by atoms with E-state index in [1.807, 2.05) is 60.7 Å². The first kappa shape index (κ1) is 20.0. The van der Waals surface area contributed by atoms with Crippen LogP contribution in [0.3, 0.4) is 0 Å². The van der Waals surface area contributed by atoms with Crippen molar-refractivity contribution in [2.75, 3.05) is 20.8 Å². The average molecular weight is 383 g/mol. The van der Waals surface area contributed by atoms with Gasteiger partial charge in [-0.05, 0) is 11.1 Å². The molecule has 148 valence electrons. The smallest absolute Gasteiger partial charge is 0.323 e. The fourth-order valence-corrected chi connectivity index (χ4v) is 3.74. The van der Waals surface area contributed by atoms with Gasteiger partial charge in [-0.3, -0.25) is 14.9 Å². The third kappa shape index (κ3) is 4.40. The summed E-state index contributed by atoms with van der Waals surface area (Å²) in [6, 6.07) is 18.3. The van der Waals surface area contributed by atoms with Crippen LogP contribution in [0.4, 0.5) is 0 Å². The van der Waals surface area contributed by atoms with Crippen LogP contribution in [0.25, 0.3) is 0 Å². The monoisotopic (exact) mass is 383 g/mol. The highest BCUT2D eigenvalue weighted by Gasteiger charge is 2.51. The van der Waals surface area contributed by atoms with Crippen molar-refractivity contribution in [3.63, 3.8) is 0 Å². The highest BCUT2D eigenvalue weighted by Crippen LogP contribution is 2.39. The number of methoxy groups -OCH3 is 2. The van der Waals surface area contributed by atoms with Crippen molar-refractivity contribution in [1.82, 2.24) is 5.32 Å². The predicted molar refractivity (Wildman–Crippen MR) is 103 cm³/mol.